The molecule has 2 aromatic carbocycles. The molecule has 29 heavy (non-hydrogen) atoms. The number of rotatable bonds is 4. The zero-order valence-electron chi connectivity index (χ0n) is 16.3. The summed E-state index contributed by atoms with van der Waals surface area (Å²) in [4.78, 5) is 40.0. The molecular formula is C23H23N3O3. The van der Waals surface area contributed by atoms with Crippen LogP contribution in [0.25, 0.3) is 6.08 Å². The van der Waals surface area contributed by atoms with Gasteiger partial charge in [-0.15, -0.1) is 0 Å². The zero-order valence-corrected chi connectivity index (χ0v) is 16.3. The highest BCUT2D eigenvalue weighted by Gasteiger charge is 2.28. The zero-order chi connectivity index (χ0) is 20.4. The molecular weight excluding hydrogens is 366 g/mol. The van der Waals surface area contributed by atoms with Crippen LogP contribution in [0.15, 0.2) is 54.7 Å². The molecule has 0 bridgehead atoms. The van der Waals surface area contributed by atoms with Crippen LogP contribution in [-0.4, -0.2) is 29.2 Å². The minimum Gasteiger partial charge on any atom is -0.326 e. The third-order valence-electron chi connectivity index (χ3n) is 5.38. The van der Waals surface area contributed by atoms with Crippen molar-refractivity contribution in [2.24, 2.45) is 0 Å². The van der Waals surface area contributed by atoms with E-state index in [9.17, 15) is 14.4 Å². The first-order valence-corrected chi connectivity index (χ1v) is 9.79. The molecule has 0 unspecified atom stereocenters. The summed E-state index contributed by atoms with van der Waals surface area (Å²) >= 11 is 0. The first kappa shape index (κ1) is 18.9. The highest BCUT2D eigenvalue weighted by molar-refractivity contribution is 5.96. The van der Waals surface area contributed by atoms with Crippen LogP contribution in [0, 0.1) is 0 Å². The summed E-state index contributed by atoms with van der Waals surface area (Å²) in [6, 6.07) is 14.7. The summed E-state index contributed by atoms with van der Waals surface area (Å²) in [7, 11) is 0. The van der Waals surface area contributed by atoms with Crippen molar-refractivity contribution in [3.8, 4) is 0 Å². The molecule has 0 saturated carbocycles. The van der Waals surface area contributed by atoms with Gasteiger partial charge in [-0.2, -0.15) is 0 Å². The Kier molecular flexibility index (Phi) is 5.16. The molecule has 6 nitrogen and oxygen atoms in total. The molecule has 1 saturated heterocycles. The van der Waals surface area contributed by atoms with E-state index in [2.05, 4.69) is 5.32 Å². The van der Waals surface area contributed by atoms with Gasteiger partial charge in [0, 0.05) is 37.5 Å². The number of carbonyl (C=O) groups excluding carboxylic acids is 3. The lowest BCUT2D eigenvalue weighted by Crippen LogP contribution is -2.33. The summed E-state index contributed by atoms with van der Waals surface area (Å²) in [5.41, 5.74) is 3.49. The van der Waals surface area contributed by atoms with Crippen LogP contribution in [0.2, 0.25) is 0 Å². The third-order valence-corrected chi connectivity index (χ3v) is 5.38. The molecule has 0 radical (unpaired) electrons. The number of fused-ring (bicyclic) bond motifs is 1. The van der Waals surface area contributed by atoms with Crippen LogP contribution in [0.3, 0.4) is 0 Å². The SMILES string of the molecule is CC(=O)N1C=Cc2ccccc2[C@@H]1CC(=O)Nc1ccc(N2CCCC2=O)cc1. The first-order chi connectivity index (χ1) is 14.0. The Hall–Kier alpha value is -3.41. The van der Waals surface area contributed by atoms with Crippen molar-refractivity contribution in [2.75, 3.05) is 16.8 Å². The second kappa shape index (κ2) is 7.91. The van der Waals surface area contributed by atoms with E-state index in [0.29, 0.717) is 12.1 Å². The van der Waals surface area contributed by atoms with E-state index in [1.807, 2.05) is 42.5 Å². The highest BCUT2D eigenvalue weighted by atomic mass is 16.2. The van der Waals surface area contributed by atoms with Gasteiger partial charge in [0.05, 0.1) is 12.5 Å². The Morgan fingerprint density at radius 3 is 2.55 bits per heavy atom. The molecule has 3 amide bonds. The summed E-state index contributed by atoms with van der Waals surface area (Å²) in [6.07, 6.45) is 5.25. The Morgan fingerprint density at radius 1 is 1.10 bits per heavy atom. The molecule has 2 aliphatic heterocycles. The maximum absolute atomic E-state index is 12.7. The van der Waals surface area contributed by atoms with Gasteiger partial charge in [0.15, 0.2) is 0 Å². The molecule has 1 atom stereocenters. The molecule has 1 fully saturated rings. The summed E-state index contributed by atoms with van der Waals surface area (Å²) in [6.45, 7) is 2.24. The second-order valence-electron chi connectivity index (χ2n) is 7.33. The monoisotopic (exact) mass is 389 g/mol. The topological polar surface area (TPSA) is 69.7 Å². The van der Waals surface area contributed by atoms with E-state index in [1.54, 1.807) is 28.1 Å². The van der Waals surface area contributed by atoms with Crippen LogP contribution in [0.5, 0.6) is 0 Å². The number of hydrogen-bond acceptors (Lipinski definition) is 3. The average molecular weight is 389 g/mol. The lowest BCUT2D eigenvalue weighted by atomic mass is 9.93. The fraction of sp³-hybridized carbons (Fsp3) is 0.261. The number of nitrogens with one attached hydrogen (secondary N) is 1. The van der Waals surface area contributed by atoms with E-state index >= 15 is 0 Å². The van der Waals surface area contributed by atoms with Crippen molar-refractivity contribution < 1.29 is 14.4 Å². The van der Waals surface area contributed by atoms with E-state index < -0.39 is 0 Å². The Morgan fingerprint density at radius 2 is 1.86 bits per heavy atom. The number of carbonyl (C=O) groups is 3. The minimum atomic E-state index is -0.338. The van der Waals surface area contributed by atoms with Gasteiger partial charge in [0.25, 0.3) is 0 Å². The first-order valence-electron chi connectivity index (χ1n) is 9.79. The molecule has 2 aromatic rings. The normalized spacial score (nSPS) is 18.0. The smallest absolute Gasteiger partial charge is 0.227 e. The van der Waals surface area contributed by atoms with Crippen LogP contribution < -0.4 is 10.2 Å². The van der Waals surface area contributed by atoms with Gasteiger partial charge in [-0.1, -0.05) is 24.3 Å². The Bertz CT molecular complexity index is 981. The standard InChI is InChI=1S/C23H23N3O3/c1-16(27)25-14-12-17-5-2-3-6-20(17)21(25)15-22(28)24-18-8-10-19(11-9-18)26-13-4-7-23(26)29/h2-3,5-6,8-12,14,21H,4,7,13,15H2,1H3,(H,24,28)/t21-/m0/s1. The summed E-state index contributed by atoms with van der Waals surface area (Å²) in [5.74, 6) is -0.139. The molecule has 0 spiro atoms. The van der Waals surface area contributed by atoms with Gasteiger partial charge >= 0.3 is 0 Å². The maximum atomic E-state index is 12.7. The summed E-state index contributed by atoms with van der Waals surface area (Å²) in [5, 5.41) is 2.90. The van der Waals surface area contributed by atoms with Crippen LogP contribution in [0.1, 0.15) is 43.4 Å². The van der Waals surface area contributed by atoms with Crippen molar-refractivity contribution in [1.29, 1.82) is 0 Å². The number of amides is 3. The molecule has 1 N–H and O–H groups in total. The van der Waals surface area contributed by atoms with E-state index in [-0.39, 0.29) is 30.2 Å². The van der Waals surface area contributed by atoms with Crippen LogP contribution >= 0.6 is 0 Å². The van der Waals surface area contributed by atoms with E-state index in [0.717, 1.165) is 29.8 Å². The highest BCUT2D eigenvalue weighted by Crippen LogP contribution is 2.33. The van der Waals surface area contributed by atoms with Crippen molar-refractivity contribution in [2.45, 2.75) is 32.2 Å². The van der Waals surface area contributed by atoms with Gasteiger partial charge in [-0.3, -0.25) is 14.4 Å². The molecule has 4 rings (SSSR count). The van der Waals surface area contributed by atoms with Gasteiger partial charge in [-0.25, -0.2) is 0 Å². The van der Waals surface area contributed by atoms with Gasteiger partial charge in [0.1, 0.15) is 0 Å². The van der Waals surface area contributed by atoms with Gasteiger partial charge < -0.3 is 15.1 Å². The predicted octanol–water partition coefficient (Wildman–Crippen LogP) is 3.72. The molecule has 2 aliphatic rings. The fourth-order valence-electron chi connectivity index (χ4n) is 3.95. The molecule has 0 aliphatic carbocycles. The van der Waals surface area contributed by atoms with Crippen molar-refractivity contribution in [3.63, 3.8) is 0 Å². The van der Waals surface area contributed by atoms with E-state index in [1.165, 1.54) is 6.92 Å². The molecule has 148 valence electrons. The van der Waals surface area contributed by atoms with Crippen LogP contribution in [0.4, 0.5) is 11.4 Å². The number of anilines is 2. The van der Waals surface area contributed by atoms with Crippen molar-refractivity contribution in [3.05, 3.63) is 65.9 Å². The Labute approximate surface area is 169 Å². The predicted molar refractivity (Wildman–Crippen MR) is 112 cm³/mol. The van der Waals surface area contributed by atoms with Gasteiger partial charge in [0.2, 0.25) is 17.7 Å². The van der Waals surface area contributed by atoms with Crippen molar-refractivity contribution in [1.82, 2.24) is 4.90 Å². The molecule has 6 heteroatoms. The third kappa shape index (κ3) is 3.92. The van der Waals surface area contributed by atoms with Crippen molar-refractivity contribution >= 4 is 35.2 Å². The molecule has 2 heterocycles. The molecule has 0 aromatic heterocycles. The minimum absolute atomic E-state index is 0.104. The second-order valence-corrected chi connectivity index (χ2v) is 7.33. The largest absolute Gasteiger partial charge is 0.326 e. The van der Waals surface area contributed by atoms with Gasteiger partial charge in [-0.05, 0) is 47.9 Å². The maximum Gasteiger partial charge on any atom is 0.227 e. The average Bonchev–Trinajstić information content (AvgIpc) is 3.14. The summed E-state index contributed by atoms with van der Waals surface area (Å²) < 4.78 is 0. The lowest BCUT2D eigenvalue weighted by Gasteiger charge is -2.32. The van der Waals surface area contributed by atoms with E-state index in [4.69, 9.17) is 0 Å². The fourth-order valence-corrected chi connectivity index (χ4v) is 3.95. The Balaban J connectivity index is 1.46. The number of benzene rings is 2. The number of nitrogens with zero attached hydrogens (tertiary/aromatic N) is 2. The quantitative estimate of drug-likeness (QED) is 0.867. The lowest BCUT2D eigenvalue weighted by molar-refractivity contribution is -0.129. The van der Waals surface area contributed by atoms with Crippen LogP contribution in [-0.2, 0) is 14.4 Å². The number of hydrogen-bond donors (Lipinski definition) is 1.